The van der Waals surface area contributed by atoms with Gasteiger partial charge in [-0.1, -0.05) is 12.1 Å². The fraction of sp³-hybridized carbons (Fsp3) is 0.533. The van der Waals surface area contributed by atoms with E-state index in [-0.39, 0.29) is 18.1 Å². The second kappa shape index (κ2) is 6.72. The number of nitrogens with zero attached hydrogens (tertiary/aromatic N) is 1. The van der Waals surface area contributed by atoms with Gasteiger partial charge in [0, 0.05) is 13.7 Å². The maximum Gasteiger partial charge on any atom is 0.241 e. The molecule has 1 saturated heterocycles. The molecule has 5 heteroatoms. The molecule has 20 heavy (non-hydrogen) atoms. The van der Waals surface area contributed by atoms with Crippen LogP contribution < -0.4 is 10.1 Å². The molecule has 1 N–H and O–H groups in total. The minimum Gasteiger partial charge on any atom is -0.494 e. The van der Waals surface area contributed by atoms with E-state index in [1.165, 1.54) is 0 Å². The second-order valence-corrected chi connectivity index (χ2v) is 4.82. The van der Waals surface area contributed by atoms with Gasteiger partial charge in [0.25, 0.3) is 0 Å². The number of carbonyl (C=O) groups excluding carboxylic acids is 1. The van der Waals surface area contributed by atoms with Crippen LogP contribution >= 0.6 is 0 Å². The van der Waals surface area contributed by atoms with Crippen LogP contribution in [0.15, 0.2) is 24.3 Å². The molecule has 0 aromatic heterocycles. The van der Waals surface area contributed by atoms with Crippen LogP contribution in [0.3, 0.4) is 0 Å². The van der Waals surface area contributed by atoms with Gasteiger partial charge >= 0.3 is 0 Å². The van der Waals surface area contributed by atoms with Crippen LogP contribution in [-0.2, 0) is 9.53 Å². The molecule has 110 valence electrons. The minimum atomic E-state index is -0.163. The maximum absolute atomic E-state index is 12.1. The monoisotopic (exact) mass is 278 g/mol. The highest BCUT2D eigenvalue weighted by molar-refractivity contribution is 5.84. The number of benzene rings is 1. The number of carbonyl (C=O) groups is 1. The number of hydrogen-bond donors (Lipinski definition) is 1. The van der Waals surface area contributed by atoms with Crippen molar-refractivity contribution in [2.24, 2.45) is 0 Å². The van der Waals surface area contributed by atoms with Gasteiger partial charge in [0.2, 0.25) is 5.91 Å². The van der Waals surface area contributed by atoms with Crippen molar-refractivity contribution in [3.63, 3.8) is 0 Å². The van der Waals surface area contributed by atoms with Gasteiger partial charge in [-0.2, -0.15) is 0 Å². The van der Waals surface area contributed by atoms with Crippen LogP contribution in [0.1, 0.15) is 25.6 Å². The highest BCUT2D eigenvalue weighted by Crippen LogP contribution is 2.26. The molecule has 1 fully saturated rings. The lowest BCUT2D eigenvalue weighted by molar-refractivity contribution is -0.130. The van der Waals surface area contributed by atoms with E-state index in [4.69, 9.17) is 9.47 Å². The number of methoxy groups -OCH3 is 1. The summed E-state index contributed by atoms with van der Waals surface area (Å²) in [5, 5.41) is 3.31. The molecule has 2 rings (SSSR count). The van der Waals surface area contributed by atoms with Crippen LogP contribution in [-0.4, -0.2) is 43.7 Å². The average molecular weight is 278 g/mol. The molecule has 1 heterocycles. The zero-order valence-electron chi connectivity index (χ0n) is 12.3. The topological polar surface area (TPSA) is 50.8 Å². The lowest BCUT2D eigenvalue weighted by atomic mass is 10.1. The van der Waals surface area contributed by atoms with Crippen molar-refractivity contribution in [2.45, 2.75) is 26.1 Å². The van der Waals surface area contributed by atoms with E-state index in [9.17, 15) is 4.79 Å². The first kappa shape index (κ1) is 14.8. The summed E-state index contributed by atoms with van der Waals surface area (Å²) in [6, 6.07) is 7.69. The highest BCUT2D eigenvalue weighted by Gasteiger charge is 2.36. The Morgan fingerprint density at radius 1 is 1.30 bits per heavy atom. The minimum absolute atomic E-state index is 0.0941. The molecular weight excluding hydrogens is 256 g/mol. The Labute approximate surface area is 119 Å². The van der Waals surface area contributed by atoms with E-state index in [2.05, 4.69) is 5.32 Å². The van der Waals surface area contributed by atoms with Gasteiger partial charge in [-0.25, -0.2) is 0 Å². The third-order valence-electron chi connectivity index (χ3n) is 3.42. The zero-order chi connectivity index (χ0) is 14.5. The van der Waals surface area contributed by atoms with Gasteiger partial charge in [0.1, 0.15) is 11.9 Å². The molecule has 5 nitrogen and oxygen atoms in total. The van der Waals surface area contributed by atoms with Crippen LogP contribution in [0.5, 0.6) is 5.75 Å². The van der Waals surface area contributed by atoms with Gasteiger partial charge in [-0.3, -0.25) is 10.1 Å². The molecule has 1 aliphatic rings. The SMILES string of the molecule is CCOc1ccc(C2NC(C)C(=O)N2CCOC)cc1. The third-order valence-corrected chi connectivity index (χ3v) is 3.42. The zero-order valence-corrected chi connectivity index (χ0v) is 12.3. The molecular formula is C15H22N2O3. The Morgan fingerprint density at radius 2 is 2.00 bits per heavy atom. The Hall–Kier alpha value is -1.59. The molecule has 2 atom stereocenters. The predicted molar refractivity (Wildman–Crippen MR) is 76.5 cm³/mol. The smallest absolute Gasteiger partial charge is 0.241 e. The first-order chi connectivity index (χ1) is 9.67. The average Bonchev–Trinajstić information content (AvgIpc) is 2.74. The van der Waals surface area contributed by atoms with E-state index in [1.54, 1.807) is 7.11 Å². The van der Waals surface area contributed by atoms with Gasteiger partial charge < -0.3 is 14.4 Å². The van der Waals surface area contributed by atoms with Crippen molar-refractivity contribution < 1.29 is 14.3 Å². The molecule has 1 amide bonds. The molecule has 1 aromatic rings. The lowest BCUT2D eigenvalue weighted by Gasteiger charge is -2.24. The fourth-order valence-electron chi connectivity index (χ4n) is 2.39. The Morgan fingerprint density at radius 3 is 2.60 bits per heavy atom. The maximum atomic E-state index is 12.1. The third kappa shape index (κ3) is 3.11. The largest absolute Gasteiger partial charge is 0.494 e. The van der Waals surface area contributed by atoms with Crippen molar-refractivity contribution in [1.82, 2.24) is 10.2 Å². The molecule has 1 aliphatic heterocycles. The molecule has 1 aromatic carbocycles. The highest BCUT2D eigenvalue weighted by atomic mass is 16.5. The van der Waals surface area contributed by atoms with Crippen molar-refractivity contribution in [3.05, 3.63) is 29.8 Å². The van der Waals surface area contributed by atoms with Crippen molar-refractivity contribution in [1.29, 1.82) is 0 Å². The van der Waals surface area contributed by atoms with Crippen LogP contribution in [0, 0.1) is 0 Å². The standard InChI is InChI=1S/C15H22N2O3/c1-4-20-13-7-5-12(6-8-13)14-16-11(2)15(18)17(14)9-10-19-3/h5-8,11,14,16H,4,9-10H2,1-3H3. The summed E-state index contributed by atoms with van der Waals surface area (Å²) in [4.78, 5) is 14.0. The fourth-order valence-corrected chi connectivity index (χ4v) is 2.39. The summed E-state index contributed by atoms with van der Waals surface area (Å²) in [7, 11) is 1.64. The first-order valence-electron chi connectivity index (χ1n) is 6.95. The van der Waals surface area contributed by atoms with E-state index in [0.29, 0.717) is 19.8 Å². The van der Waals surface area contributed by atoms with Crippen LogP contribution in [0.25, 0.3) is 0 Å². The summed E-state index contributed by atoms with van der Waals surface area (Å²) in [6.45, 7) is 5.62. The quantitative estimate of drug-likeness (QED) is 0.858. The van der Waals surface area contributed by atoms with Crippen LogP contribution in [0.4, 0.5) is 0 Å². The van der Waals surface area contributed by atoms with E-state index in [1.807, 2.05) is 43.0 Å². The molecule has 0 aliphatic carbocycles. The second-order valence-electron chi connectivity index (χ2n) is 4.82. The number of rotatable bonds is 6. The molecule has 2 unspecified atom stereocenters. The summed E-state index contributed by atoms with van der Waals surface area (Å²) in [5.74, 6) is 0.956. The predicted octanol–water partition coefficient (Wildman–Crippen LogP) is 1.55. The summed E-state index contributed by atoms with van der Waals surface area (Å²) >= 11 is 0. The molecule has 0 spiro atoms. The van der Waals surface area contributed by atoms with Crippen molar-refractivity contribution in [2.75, 3.05) is 26.9 Å². The van der Waals surface area contributed by atoms with Gasteiger partial charge in [-0.05, 0) is 31.5 Å². The Bertz CT molecular complexity index is 447. The number of amides is 1. The number of hydrogen-bond acceptors (Lipinski definition) is 4. The van der Waals surface area contributed by atoms with Crippen LogP contribution in [0.2, 0.25) is 0 Å². The van der Waals surface area contributed by atoms with E-state index in [0.717, 1.165) is 11.3 Å². The van der Waals surface area contributed by atoms with Gasteiger partial charge in [0.15, 0.2) is 0 Å². The first-order valence-corrected chi connectivity index (χ1v) is 6.95. The van der Waals surface area contributed by atoms with Crippen molar-refractivity contribution in [3.8, 4) is 5.75 Å². The summed E-state index contributed by atoms with van der Waals surface area (Å²) in [5.41, 5.74) is 1.06. The summed E-state index contributed by atoms with van der Waals surface area (Å²) < 4.78 is 10.5. The number of nitrogens with one attached hydrogen (secondary N) is 1. The number of ether oxygens (including phenoxy) is 2. The van der Waals surface area contributed by atoms with Crippen molar-refractivity contribution >= 4 is 5.91 Å². The molecule has 0 bridgehead atoms. The Balaban J connectivity index is 2.14. The summed E-state index contributed by atoms with van der Waals surface area (Å²) in [6.07, 6.45) is -0.0941. The van der Waals surface area contributed by atoms with E-state index < -0.39 is 0 Å². The lowest BCUT2D eigenvalue weighted by Crippen LogP contribution is -2.33. The Kier molecular flexibility index (Phi) is 4.98. The van der Waals surface area contributed by atoms with E-state index >= 15 is 0 Å². The van der Waals surface area contributed by atoms with Gasteiger partial charge in [0.05, 0.1) is 19.3 Å². The molecule has 0 radical (unpaired) electrons. The van der Waals surface area contributed by atoms with Gasteiger partial charge in [-0.15, -0.1) is 0 Å². The molecule has 0 saturated carbocycles. The normalized spacial score (nSPS) is 22.4.